The number of rotatable bonds is 0. The molecule has 0 saturated heterocycles. The number of nitrogens with zero attached hydrogens (tertiary/aromatic N) is 15. The summed E-state index contributed by atoms with van der Waals surface area (Å²) in [6, 6.07) is 25.9. The Morgan fingerprint density at radius 2 is 0.849 bits per heavy atom. The third-order valence-electron chi connectivity index (χ3n) is 10.3. The maximum atomic E-state index is 4.86. The molecule has 716 valence electrons. The highest BCUT2D eigenvalue weighted by molar-refractivity contribution is 7.10. The number of oxazole rings is 2. The minimum Gasteiger partial charge on any atom is -0.470 e. The molecule has 0 aliphatic heterocycles. The fraction of sp³-hybridized carbons (Fsp3) is 0.469. The van der Waals surface area contributed by atoms with E-state index in [1.54, 1.807) is 141 Å². The molecule has 0 radical (unpaired) electrons. The number of hydrogen-bond donors (Lipinski definition) is 6. The number of aromatic amines is 6. The first-order valence-corrected chi connectivity index (χ1v) is 47.1. The zero-order chi connectivity index (χ0) is 99.8. The lowest BCUT2D eigenvalue weighted by Gasteiger charge is -1.82. The predicted octanol–water partition coefficient (Wildman–Crippen LogP) is 31.3. The van der Waals surface area contributed by atoms with E-state index in [1.807, 2.05) is 360 Å². The smallest absolute Gasteiger partial charge is 0.213 e. The van der Waals surface area contributed by atoms with Gasteiger partial charge in [-0.2, -0.15) is 15.3 Å². The second-order valence-corrected chi connectivity index (χ2v) is 24.4. The van der Waals surface area contributed by atoms with Crippen molar-refractivity contribution in [2.75, 3.05) is 0 Å². The Labute approximate surface area is 780 Å². The molecule has 16 rings (SSSR count). The third-order valence-corrected chi connectivity index (χ3v) is 13.2. The molecule has 30 heteroatoms. The topological polar surface area (TPSA) is 354 Å². The molecule has 0 fully saturated rings. The van der Waals surface area contributed by atoms with Gasteiger partial charge >= 0.3 is 0 Å². The number of benzene rings is 1. The molecule has 26 nitrogen and oxygen atoms in total. The van der Waals surface area contributed by atoms with E-state index in [0.717, 1.165) is 68.7 Å². The molecule has 16 aromatic rings. The van der Waals surface area contributed by atoms with Gasteiger partial charge in [-0.25, -0.2) is 29.9 Å². The van der Waals surface area contributed by atoms with Crippen molar-refractivity contribution in [3.8, 4) is 0 Å². The first kappa shape index (κ1) is 144. The Kier molecular flexibility index (Phi) is 142. The van der Waals surface area contributed by atoms with Crippen molar-refractivity contribution in [1.29, 1.82) is 0 Å². The van der Waals surface area contributed by atoms with Crippen LogP contribution in [0, 0.1) is 132 Å². The van der Waals surface area contributed by atoms with Gasteiger partial charge in [0.2, 0.25) is 11.8 Å². The van der Waals surface area contributed by atoms with Crippen molar-refractivity contribution >= 4 is 45.3 Å². The Balaban J connectivity index is -0.0000000966. The van der Waals surface area contributed by atoms with Gasteiger partial charge in [-0.15, -0.1) is 55.5 Å². The van der Waals surface area contributed by atoms with Crippen LogP contribution in [0.15, 0.2) is 216 Å². The van der Waals surface area contributed by atoms with Gasteiger partial charge in [0, 0.05) is 114 Å². The lowest BCUT2D eigenvalue weighted by atomic mass is 10.2. The normalized spacial score (nSPS) is 7.72. The summed E-state index contributed by atoms with van der Waals surface area (Å²) in [5, 5.41) is 35.2. The lowest BCUT2D eigenvalue weighted by Crippen LogP contribution is -1.70. The van der Waals surface area contributed by atoms with E-state index in [2.05, 4.69) is 154 Å². The summed E-state index contributed by atoms with van der Waals surface area (Å²) in [7, 11) is 0. The van der Waals surface area contributed by atoms with E-state index in [4.69, 9.17) is 17.7 Å². The number of hydrogen-bond acceptors (Lipinski definition) is 24. The molecule has 0 amide bonds. The van der Waals surface area contributed by atoms with E-state index in [9.17, 15) is 0 Å². The minimum atomic E-state index is 0.623. The molecule has 0 aliphatic rings. The van der Waals surface area contributed by atoms with Gasteiger partial charge in [0.1, 0.15) is 52.7 Å². The highest BCUT2D eigenvalue weighted by Crippen LogP contribution is 2.04. The largest absolute Gasteiger partial charge is 0.470 e. The first-order valence-electron chi connectivity index (χ1n) is 43.6. The Hall–Kier alpha value is -11.0. The van der Waals surface area contributed by atoms with Gasteiger partial charge in [-0.3, -0.25) is 30.2 Å². The Morgan fingerprint density at radius 1 is 0.317 bits per heavy atom. The highest BCUT2D eigenvalue weighted by Gasteiger charge is 1.91. The van der Waals surface area contributed by atoms with Crippen LogP contribution in [0.25, 0.3) is 0 Å². The van der Waals surface area contributed by atoms with E-state index in [-0.39, 0.29) is 0 Å². The van der Waals surface area contributed by atoms with Crippen LogP contribution in [0.4, 0.5) is 0 Å². The van der Waals surface area contributed by atoms with Gasteiger partial charge in [-0.05, 0) is 153 Å². The molecular formula is C96H173N21O5S4. The summed E-state index contributed by atoms with van der Waals surface area (Å²) in [6.07, 6.45) is 25.7. The zero-order valence-corrected chi connectivity index (χ0v) is 89.6. The average Bonchev–Trinajstić information content (AvgIpc) is 1.84. The Bertz CT molecular complexity index is 3280. The molecule has 15 aromatic heterocycles. The standard InChI is InChI=1S/C7H8.C5H7N.C5H6O.C5H6S.2C4H7N3.C4H6N2O.3C4H6N2.3C4H5NO.3C4H5NS.13C2H6/c1-7-5-3-2-4-6-7;3*1-5-3-2-4-6-5;2*1-3-5-4(2)7-6-3;1-3-5-6-4(2)7-3;1-4-2-5-3-6-4;1-4-5-2-3-6-4;1-4-2-3-5-6-4;1-4-2-5-3-6-4;1-4-5-2-3-6-4;1-4-2-3-5-6-4;2*1-4-2-5-3-6-4;1-4-5-2-3-6-4;13*1-2/h2-6H,1H3;2-4,6H,1H3;2*2-4H,1H3;2*1-2H3,(H,5,6,7);1-2H3;3*2-3H,1H3,(H,5,6);6*2-3H,1H3;13*1-2H3. The van der Waals surface area contributed by atoms with Crippen molar-refractivity contribution < 1.29 is 22.2 Å². The molecule has 0 spiro atoms. The average molecular weight is 1830 g/mol. The number of aryl methyl sites for hydroxylation is 19. The molecule has 6 N–H and O–H groups in total. The summed E-state index contributed by atoms with van der Waals surface area (Å²) < 4.78 is 23.7. The first-order chi connectivity index (χ1) is 61.0. The Morgan fingerprint density at radius 3 is 0.968 bits per heavy atom. The summed E-state index contributed by atoms with van der Waals surface area (Å²) in [4.78, 5) is 47.2. The number of H-pyrrole nitrogens is 6. The zero-order valence-electron chi connectivity index (χ0n) is 86.4. The van der Waals surface area contributed by atoms with Crippen LogP contribution < -0.4 is 0 Å². The van der Waals surface area contributed by atoms with Gasteiger partial charge < -0.3 is 37.1 Å². The van der Waals surface area contributed by atoms with Crippen LogP contribution in [0.5, 0.6) is 0 Å². The number of aromatic nitrogens is 21. The number of nitrogens with one attached hydrogen (secondary N) is 6. The van der Waals surface area contributed by atoms with Crippen molar-refractivity contribution in [1.82, 2.24) is 106 Å². The van der Waals surface area contributed by atoms with Crippen molar-refractivity contribution in [2.24, 2.45) is 0 Å². The van der Waals surface area contributed by atoms with Crippen LogP contribution >= 0.6 is 45.3 Å². The van der Waals surface area contributed by atoms with Gasteiger partial charge in [0.25, 0.3) is 0 Å². The second kappa shape index (κ2) is 125. The van der Waals surface area contributed by atoms with Crippen LogP contribution in [0.1, 0.15) is 286 Å². The number of furan rings is 1. The fourth-order valence-corrected chi connectivity index (χ4v) is 7.47. The molecule has 0 atom stereocenters. The van der Waals surface area contributed by atoms with Crippen molar-refractivity contribution in [3.63, 3.8) is 0 Å². The van der Waals surface area contributed by atoms with Crippen LogP contribution in [-0.4, -0.2) is 106 Å². The van der Waals surface area contributed by atoms with Crippen LogP contribution in [0.2, 0.25) is 0 Å². The van der Waals surface area contributed by atoms with Crippen LogP contribution in [-0.2, 0) is 0 Å². The van der Waals surface area contributed by atoms with Crippen molar-refractivity contribution in [3.05, 3.63) is 300 Å². The molecule has 15 heterocycles. The second-order valence-electron chi connectivity index (χ2n) is 19.9. The maximum Gasteiger partial charge on any atom is 0.213 e. The summed E-state index contributed by atoms with van der Waals surface area (Å²) in [5.41, 5.74) is 8.41. The highest BCUT2D eigenvalue weighted by atomic mass is 32.1. The van der Waals surface area contributed by atoms with E-state index in [1.165, 1.54) is 32.3 Å². The van der Waals surface area contributed by atoms with Gasteiger partial charge in [0.15, 0.2) is 12.3 Å². The van der Waals surface area contributed by atoms with Gasteiger partial charge in [0.05, 0.1) is 47.2 Å². The molecule has 0 unspecified atom stereocenters. The maximum absolute atomic E-state index is 4.86. The van der Waals surface area contributed by atoms with E-state index in [0.29, 0.717) is 11.8 Å². The molecule has 1 aromatic carbocycles. The molecule has 0 aliphatic carbocycles. The monoisotopic (exact) mass is 1830 g/mol. The number of thiophene rings is 1. The lowest BCUT2D eigenvalue weighted by molar-refractivity contribution is 0.397. The molecular weight excluding hydrogens is 1660 g/mol. The third kappa shape index (κ3) is 122. The predicted molar refractivity (Wildman–Crippen MR) is 546 cm³/mol. The SMILES string of the molecule is CC.CC.CC.CC.CC.CC.CC.CC.CC.CC.CC.CC.CC.Cc1ccc[nH]1.Cc1ccccc1.Cc1ccco1.Cc1cccs1.Cc1ccn[nH]1.Cc1ccno1.Cc1cnc[nH]1.Cc1cnco1.Cc1cncs1.Cc1cncs1.Cc1n[nH]c(C)n1.Cc1n[nH]c(C)n1.Cc1ncc[nH]1.Cc1ncco1.Cc1nccs1.Cc1nnc(C)o1. The van der Waals surface area contributed by atoms with E-state index < -0.39 is 0 Å². The molecule has 0 saturated carbocycles. The summed E-state index contributed by atoms with van der Waals surface area (Å²) in [6.45, 7) is 88.5. The van der Waals surface area contributed by atoms with Crippen LogP contribution in [0.3, 0.4) is 0 Å². The quantitative estimate of drug-likeness (QED) is 0.0821. The van der Waals surface area contributed by atoms with Gasteiger partial charge in [-0.1, -0.05) is 227 Å². The number of thiazole rings is 3. The molecule has 126 heavy (non-hydrogen) atoms. The van der Waals surface area contributed by atoms with Crippen molar-refractivity contribution in [2.45, 2.75) is 312 Å². The number of imidazole rings is 2. The van der Waals surface area contributed by atoms with E-state index >= 15 is 0 Å². The fourth-order valence-electron chi connectivity index (χ4n) is 5.68. The summed E-state index contributed by atoms with van der Waals surface area (Å²) in [5.74, 6) is 8.96. The summed E-state index contributed by atoms with van der Waals surface area (Å²) >= 11 is 6.78. The minimum absolute atomic E-state index is 0.623. The molecule has 0 bridgehead atoms.